The van der Waals surface area contributed by atoms with Crippen LogP contribution in [-0.2, 0) is 0 Å². The zero-order valence-electron chi connectivity index (χ0n) is 11.7. The number of halogens is 1. The molecular weight excluding hydrogens is 261 g/mol. The van der Waals surface area contributed by atoms with E-state index in [2.05, 4.69) is 25.1 Å². The van der Waals surface area contributed by atoms with Gasteiger partial charge < -0.3 is 4.40 Å². The SMILES string of the molecule is Cc1ccc(-c2cn3ccccc3c2F)c2ccccc12. The van der Waals surface area contributed by atoms with E-state index in [1.54, 1.807) is 6.07 Å². The lowest BCUT2D eigenvalue weighted by Crippen LogP contribution is -1.85. The van der Waals surface area contributed by atoms with Crippen LogP contribution in [0.15, 0.2) is 67.0 Å². The third kappa shape index (κ3) is 1.76. The van der Waals surface area contributed by atoms with Crippen LogP contribution in [0.5, 0.6) is 0 Å². The first-order valence-electron chi connectivity index (χ1n) is 6.99. The van der Waals surface area contributed by atoms with Crippen molar-refractivity contribution in [3.05, 3.63) is 78.4 Å². The van der Waals surface area contributed by atoms with Crippen LogP contribution in [0.3, 0.4) is 0 Å². The minimum atomic E-state index is -0.162. The molecule has 4 rings (SSSR count). The number of benzene rings is 2. The summed E-state index contributed by atoms with van der Waals surface area (Å²) in [5.41, 5.74) is 3.41. The number of aryl methyl sites for hydroxylation is 1. The Morgan fingerprint density at radius 3 is 2.38 bits per heavy atom. The molecule has 0 atom stereocenters. The second kappa shape index (κ2) is 4.45. The first-order chi connectivity index (χ1) is 10.3. The fraction of sp³-hybridized carbons (Fsp3) is 0.0526. The van der Waals surface area contributed by atoms with Crippen LogP contribution >= 0.6 is 0 Å². The van der Waals surface area contributed by atoms with Gasteiger partial charge in [-0.05, 0) is 41.0 Å². The first-order valence-corrected chi connectivity index (χ1v) is 6.99. The third-order valence-corrected chi connectivity index (χ3v) is 4.05. The summed E-state index contributed by atoms with van der Waals surface area (Å²) in [6.45, 7) is 2.08. The fourth-order valence-electron chi connectivity index (χ4n) is 2.96. The van der Waals surface area contributed by atoms with Crippen LogP contribution in [0.2, 0.25) is 0 Å². The van der Waals surface area contributed by atoms with Gasteiger partial charge in [-0.3, -0.25) is 0 Å². The van der Waals surface area contributed by atoms with Crippen molar-refractivity contribution in [3.8, 4) is 11.1 Å². The van der Waals surface area contributed by atoms with Gasteiger partial charge in [-0.15, -0.1) is 0 Å². The van der Waals surface area contributed by atoms with Gasteiger partial charge in [-0.25, -0.2) is 4.39 Å². The Balaban J connectivity index is 2.10. The quantitative estimate of drug-likeness (QED) is 0.449. The smallest absolute Gasteiger partial charge is 0.156 e. The zero-order chi connectivity index (χ0) is 14.4. The van der Waals surface area contributed by atoms with Gasteiger partial charge in [-0.1, -0.05) is 42.5 Å². The Labute approximate surface area is 122 Å². The highest BCUT2D eigenvalue weighted by Crippen LogP contribution is 2.34. The van der Waals surface area contributed by atoms with Gasteiger partial charge in [0.25, 0.3) is 0 Å². The molecule has 0 amide bonds. The Hall–Kier alpha value is -2.61. The molecule has 0 saturated heterocycles. The van der Waals surface area contributed by atoms with Gasteiger partial charge in [0, 0.05) is 18.0 Å². The molecule has 0 aliphatic carbocycles. The minimum Gasteiger partial charge on any atom is -0.321 e. The monoisotopic (exact) mass is 275 g/mol. The van der Waals surface area contributed by atoms with Crippen molar-refractivity contribution in [1.29, 1.82) is 0 Å². The molecule has 2 heterocycles. The van der Waals surface area contributed by atoms with E-state index in [1.165, 1.54) is 10.9 Å². The maximum absolute atomic E-state index is 14.7. The Bertz CT molecular complexity index is 966. The Kier molecular flexibility index (Phi) is 2.58. The van der Waals surface area contributed by atoms with Crippen molar-refractivity contribution >= 4 is 16.3 Å². The average molecular weight is 275 g/mol. The maximum atomic E-state index is 14.7. The Morgan fingerprint density at radius 2 is 1.57 bits per heavy atom. The van der Waals surface area contributed by atoms with E-state index in [0.29, 0.717) is 11.1 Å². The fourth-order valence-corrected chi connectivity index (χ4v) is 2.96. The van der Waals surface area contributed by atoms with E-state index in [1.807, 2.05) is 47.1 Å². The van der Waals surface area contributed by atoms with Crippen molar-refractivity contribution in [2.24, 2.45) is 0 Å². The molecule has 21 heavy (non-hydrogen) atoms. The highest BCUT2D eigenvalue weighted by molar-refractivity contribution is 5.99. The van der Waals surface area contributed by atoms with Gasteiger partial charge in [0.05, 0.1) is 5.52 Å². The predicted molar refractivity (Wildman–Crippen MR) is 85.0 cm³/mol. The molecule has 2 aromatic heterocycles. The summed E-state index contributed by atoms with van der Waals surface area (Å²) in [6.07, 6.45) is 3.74. The first kappa shape index (κ1) is 12.2. The van der Waals surface area contributed by atoms with E-state index in [4.69, 9.17) is 0 Å². The van der Waals surface area contributed by atoms with Crippen molar-refractivity contribution in [2.75, 3.05) is 0 Å². The summed E-state index contributed by atoms with van der Waals surface area (Å²) in [6, 6.07) is 17.8. The molecule has 0 bridgehead atoms. The Morgan fingerprint density at radius 1 is 0.810 bits per heavy atom. The van der Waals surface area contributed by atoms with Crippen LogP contribution in [0.1, 0.15) is 5.56 Å². The average Bonchev–Trinajstić information content (AvgIpc) is 2.86. The van der Waals surface area contributed by atoms with Crippen molar-refractivity contribution in [3.63, 3.8) is 0 Å². The van der Waals surface area contributed by atoms with E-state index in [0.717, 1.165) is 10.9 Å². The summed E-state index contributed by atoms with van der Waals surface area (Å²) in [5, 5.41) is 2.26. The summed E-state index contributed by atoms with van der Waals surface area (Å²) in [4.78, 5) is 0. The van der Waals surface area contributed by atoms with Crippen LogP contribution in [0.25, 0.3) is 27.4 Å². The van der Waals surface area contributed by atoms with E-state index in [-0.39, 0.29) is 5.82 Å². The van der Waals surface area contributed by atoms with Crippen molar-refractivity contribution < 1.29 is 4.39 Å². The topological polar surface area (TPSA) is 4.41 Å². The van der Waals surface area contributed by atoms with Crippen LogP contribution in [0, 0.1) is 12.7 Å². The molecule has 0 saturated carbocycles. The number of nitrogens with zero attached hydrogens (tertiary/aromatic N) is 1. The van der Waals surface area contributed by atoms with E-state index in [9.17, 15) is 4.39 Å². The van der Waals surface area contributed by atoms with Gasteiger partial charge in [0.15, 0.2) is 5.82 Å². The van der Waals surface area contributed by atoms with Crippen molar-refractivity contribution in [1.82, 2.24) is 4.40 Å². The lowest BCUT2D eigenvalue weighted by molar-refractivity contribution is 0.643. The molecule has 0 aliphatic heterocycles. The molecule has 102 valence electrons. The molecular formula is C19H14FN. The van der Waals surface area contributed by atoms with Gasteiger partial charge in [0.2, 0.25) is 0 Å². The number of aromatic nitrogens is 1. The number of hydrogen-bond donors (Lipinski definition) is 0. The molecule has 1 nitrogen and oxygen atoms in total. The number of pyridine rings is 1. The van der Waals surface area contributed by atoms with Gasteiger partial charge in [0.1, 0.15) is 0 Å². The van der Waals surface area contributed by atoms with E-state index < -0.39 is 0 Å². The summed E-state index contributed by atoms with van der Waals surface area (Å²) in [5.74, 6) is -0.162. The lowest BCUT2D eigenvalue weighted by atomic mass is 9.97. The second-order valence-corrected chi connectivity index (χ2v) is 5.33. The van der Waals surface area contributed by atoms with Crippen LogP contribution in [-0.4, -0.2) is 4.40 Å². The molecule has 0 spiro atoms. The highest BCUT2D eigenvalue weighted by Gasteiger charge is 2.14. The number of hydrogen-bond acceptors (Lipinski definition) is 0. The standard InChI is InChI=1S/C19H14FN/c1-13-9-10-16(15-7-3-2-6-14(13)15)17-12-21-11-5-4-8-18(21)19(17)20/h2-12H,1H3. The highest BCUT2D eigenvalue weighted by atomic mass is 19.1. The third-order valence-electron chi connectivity index (χ3n) is 4.05. The van der Waals surface area contributed by atoms with Gasteiger partial charge in [-0.2, -0.15) is 0 Å². The second-order valence-electron chi connectivity index (χ2n) is 5.33. The molecule has 2 aromatic carbocycles. The minimum absolute atomic E-state index is 0.162. The lowest BCUT2D eigenvalue weighted by Gasteiger charge is -2.07. The predicted octanol–water partition coefficient (Wildman–Crippen LogP) is 5.21. The molecule has 0 fully saturated rings. The molecule has 2 heteroatoms. The normalized spacial score (nSPS) is 11.3. The number of rotatable bonds is 1. The zero-order valence-corrected chi connectivity index (χ0v) is 11.7. The molecule has 0 unspecified atom stereocenters. The molecule has 4 aromatic rings. The van der Waals surface area contributed by atoms with E-state index >= 15 is 0 Å². The molecule has 0 aliphatic rings. The van der Waals surface area contributed by atoms with Crippen LogP contribution in [0.4, 0.5) is 4.39 Å². The molecule has 0 N–H and O–H groups in total. The van der Waals surface area contributed by atoms with Crippen molar-refractivity contribution in [2.45, 2.75) is 6.92 Å². The molecule has 0 radical (unpaired) electrons. The summed E-state index contributed by atoms with van der Waals surface area (Å²) >= 11 is 0. The summed E-state index contributed by atoms with van der Waals surface area (Å²) in [7, 11) is 0. The van der Waals surface area contributed by atoms with Gasteiger partial charge >= 0.3 is 0 Å². The largest absolute Gasteiger partial charge is 0.321 e. The van der Waals surface area contributed by atoms with Crippen LogP contribution < -0.4 is 0 Å². The summed E-state index contributed by atoms with van der Waals surface area (Å²) < 4.78 is 16.6. The number of fused-ring (bicyclic) bond motifs is 2. The maximum Gasteiger partial charge on any atom is 0.156 e.